The van der Waals surface area contributed by atoms with E-state index in [-0.39, 0.29) is 6.23 Å². The Morgan fingerprint density at radius 1 is 1.44 bits per heavy atom. The summed E-state index contributed by atoms with van der Waals surface area (Å²) in [7, 11) is 1.58. The van der Waals surface area contributed by atoms with Crippen LogP contribution in [0.5, 0.6) is 5.75 Å². The van der Waals surface area contributed by atoms with E-state index in [1.165, 1.54) is 0 Å². The highest BCUT2D eigenvalue weighted by Gasteiger charge is 2.22. The summed E-state index contributed by atoms with van der Waals surface area (Å²) < 4.78 is 11.7. The van der Waals surface area contributed by atoms with Gasteiger partial charge in [0.15, 0.2) is 0 Å². The molecule has 5 nitrogen and oxygen atoms in total. The maximum Gasteiger partial charge on any atom is 0.145 e. The standard InChI is InChI=1S/C12H18BrN3O2/c1-17-10-7-8(13)6-9(12(10)14)16(15)11-4-2-3-5-18-11/h6-7,11H,2-5,14-15H2,1H3. The lowest BCUT2D eigenvalue weighted by Crippen LogP contribution is -2.45. The van der Waals surface area contributed by atoms with Gasteiger partial charge in [-0.25, -0.2) is 5.84 Å². The van der Waals surface area contributed by atoms with Crippen LogP contribution in [0, 0.1) is 0 Å². The number of halogens is 1. The summed E-state index contributed by atoms with van der Waals surface area (Å²) in [5, 5.41) is 1.59. The fourth-order valence-electron chi connectivity index (χ4n) is 2.06. The summed E-state index contributed by atoms with van der Waals surface area (Å²) in [5.41, 5.74) is 7.29. The lowest BCUT2D eigenvalue weighted by atomic mass is 10.1. The van der Waals surface area contributed by atoms with Gasteiger partial charge >= 0.3 is 0 Å². The largest absolute Gasteiger partial charge is 0.494 e. The summed E-state index contributed by atoms with van der Waals surface area (Å²) in [6.45, 7) is 0.739. The zero-order valence-electron chi connectivity index (χ0n) is 10.4. The first-order valence-electron chi connectivity index (χ1n) is 5.92. The molecule has 18 heavy (non-hydrogen) atoms. The minimum atomic E-state index is -0.125. The van der Waals surface area contributed by atoms with Crippen molar-refractivity contribution in [2.75, 3.05) is 24.5 Å². The van der Waals surface area contributed by atoms with E-state index in [0.717, 1.165) is 30.3 Å². The number of ether oxygens (including phenoxy) is 2. The van der Waals surface area contributed by atoms with Crippen molar-refractivity contribution in [1.29, 1.82) is 0 Å². The molecule has 1 fully saturated rings. The van der Waals surface area contributed by atoms with E-state index >= 15 is 0 Å². The summed E-state index contributed by atoms with van der Waals surface area (Å²) in [5.74, 6) is 6.72. The maximum atomic E-state index is 6.11. The fourth-order valence-corrected chi connectivity index (χ4v) is 2.48. The Kier molecular flexibility index (Phi) is 4.31. The third-order valence-electron chi connectivity index (χ3n) is 3.05. The number of methoxy groups -OCH3 is 1. The Morgan fingerprint density at radius 2 is 2.22 bits per heavy atom. The van der Waals surface area contributed by atoms with Crippen molar-refractivity contribution in [2.24, 2.45) is 5.84 Å². The lowest BCUT2D eigenvalue weighted by Gasteiger charge is -2.33. The zero-order chi connectivity index (χ0) is 13.1. The maximum absolute atomic E-state index is 6.11. The molecule has 0 aromatic heterocycles. The van der Waals surface area contributed by atoms with Crippen LogP contribution < -0.4 is 21.3 Å². The monoisotopic (exact) mass is 315 g/mol. The van der Waals surface area contributed by atoms with E-state index in [9.17, 15) is 0 Å². The first-order chi connectivity index (χ1) is 8.63. The van der Waals surface area contributed by atoms with Crippen LogP contribution in [0.2, 0.25) is 0 Å². The number of benzene rings is 1. The van der Waals surface area contributed by atoms with Gasteiger partial charge in [0.1, 0.15) is 12.0 Å². The van der Waals surface area contributed by atoms with Gasteiger partial charge in [-0.2, -0.15) is 0 Å². The topological polar surface area (TPSA) is 73.7 Å². The van der Waals surface area contributed by atoms with Crippen LogP contribution in [0.15, 0.2) is 16.6 Å². The van der Waals surface area contributed by atoms with Gasteiger partial charge in [-0.1, -0.05) is 15.9 Å². The molecule has 1 saturated heterocycles. The Morgan fingerprint density at radius 3 is 2.83 bits per heavy atom. The molecule has 6 heteroatoms. The molecular formula is C12H18BrN3O2. The highest BCUT2D eigenvalue weighted by atomic mass is 79.9. The number of hydrogen-bond acceptors (Lipinski definition) is 5. The van der Waals surface area contributed by atoms with Crippen molar-refractivity contribution in [3.05, 3.63) is 16.6 Å². The van der Waals surface area contributed by atoms with E-state index in [1.54, 1.807) is 12.1 Å². The number of nitrogens with two attached hydrogens (primary N) is 2. The molecule has 0 radical (unpaired) electrons. The van der Waals surface area contributed by atoms with E-state index in [0.29, 0.717) is 17.1 Å². The predicted octanol–water partition coefficient (Wildman–Crippen LogP) is 2.25. The summed E-state index contributed by atoms with van der Waals surface area (Å²) in [4.78, 5) is 0. The van der Waals surface area contributed by atoms with E-state index in [2.05, 4.69) is 15.9 Å². The average molecular weight is 316 g/mol. The smallest absolute Gasteiger partial charge is 0.145 e. The molecule has 100 valence electrons. The quantitative estimate of drug-likeness (QED) is 0.508. The zero-order valence-corrected chi connectivity index (χ0v) is 11.9. The Labute approximate surface area is 115 Å². The third-order valence-corrected chi connectivity index (χ3v) is 3.51. The molecule has 1 aromatic carbocycles. The van der Waals surface area contributed by atoms with Gasteiger partial charge < -0.3 is 15.2 Å². The molecule has 0 saturated carbocycles. The van der Waals surface area contributed by atoms with Crippen LogP contribution in [0.1, 0.15) is 19.3 Å². The van der Waals surface area contributed by atoms with Crippen LogP contribution in [-0.2, 0) is 4.74 Å². The van der Waals surface area contributed by atoms with Crippen LogP contribution in [-0.4, -0.2) is 19.9 Å². The number of rotatable bonds is 3. The highest BCUT2D eigenvalue weighted by Crippen LogP contribution is 2.36. The number of nitrogen functional groups attached to an aromatic ring is 1. The van der Waals surface area contributed by atoms with Gasteiger partial charge in [-0.05, 0) is 31.4 Å². The van der Waals surface area contributed by atoms with Gasteiger partial charge in [0.25, 0.3) is 0 Å². The minimum Gasteiger partial charge on any atom is -0.494 e. The first kappa shape index (κ1) is 13.5. The van der Waals surface area contributed by atoms with Gasteiger partial charge in [0, 0.05) is 11.1 Å². The van der Waals surface area contributed by atoms with Crippen molar-refractivity contribution < 1.29 is 9.47 Å². The Hall–Kier alpha value is -0.980. The lowest BCUT2D eigenvalue weighted by molar-refractivity contribution is 0.0142. The van der Waals surface area contributed by atoms with Gasteiger partial charge in [0.2, 0.25) is 0 Å². The molecule has 0 amide bonds. The highest BCUT2D eigenvalue weighted by molar-refractivity contribution is 9.10. The number of nitrogens with zero attached hydrogens (tertiary/aromatic N) is 1. The number of anilines is 2. The molecule has 1 atom stereocenters. The average Bonchev–Trinajstić information content (AvgIpc) is 2.41. The molecule has 2 rings (SSSR count). The molecular weight excluding hydrogens is 298 g/mol. The summed E-state index contributed by atoms with van der Waals surface area (Å²) >= 11 is 3.42. The Balaban J connectivity index is 2.28. The SMILES string of the molecule is COc1cc(Br)cc(N(N)C2CCCCO2)c1N. The molecule has 1 unspecified atom stereocenters. The minimum absolute atomic E-state index is 0.125. The van der Waals surface area contributed by atoms with Crippen molar-refractivity contribution in [2.45, 2.75) is 25.5 Å². The summed E-state index contributed by atoms with van der Waals surface area (Å²) in [6.07, 6.45) is 2.98. The van der Waals surface area contributed by atoms with Gasteiger partial charge in [-0.3, -0.25) is 5.01 Å². The van der Waals surface area contributed by atoms with Gasteiger partial charge in [-0.15, -0.1) is 0 Å². The van der Waals surface area contributed by atoms with E-state index in [4.69, 9.17) is 21.1 Å². The molecule has 1 aliphatic heterocycles. The first-order valence-corrected chi connectivity index (χ1v) is 6.71. The van der Waals surface area contributed by atoms with E-state index in [1.807, 2.05) is 12.1 Å². The van der Waals surface area contributed by atoms with Crippen molar-refractivity contribution in [3.63, 3.8) is 0 Å². The molecule has 0 bridgehead atoms. The Bertz CT molecular complexity index is 422. The van der Waals surface area contributed by atoms with Crippen LogP contribution >= 0.6 is 15.9 Å². The molecule has 1 aromatic rings. The molecule has 4 N–H and O–H groups in total. The van der Waals surface area contributed by atoms with Gasteiger partial charge in [0.05, 0.1) is 18.5 Å². The van der Waals surface area contributed by atoms with Crippen molar-refractivity contribution in [1.82, 2.24) is 0 Å². The summed E-state index contributed by atoms with van der Waals surface area (Å²) in [6, 6.07) is 3.68. The second kappa shape index (κ2) is 5.77. The van der Waals surface area contributed by atoms with Crippen LogP contribution in [0.25, 0.3) is 0 Å². The van der Waals surface area contributed by atoms with Crippen molar-refractivity contribution >= 4 is 27.3 Å². The third kappa shape index (κ3) is 2.71. The molecule has 1 aliphatic rings. The molecule has 0 spiro atoms. The molecule has 1 heterocycles. The van der Waals surface area contributed by atoms with Crippen LogP contribution in [0.4, 0.5) is 11.4 Å². The fraction of sp³-hybridized carbons (Fsp3) is 0.500. The normalized spacial score (nSPS) is 19.6. The van der Waals surface area contributed by atoms with Crippen LogP contribution in [0.3, 0.4) is 0 Å². The van der Waals surface area contributed by atoms with E-state index < -0.39 is 0 Å². The second-order valence-corrected chi connectivity index (χ2v) is 5.19. The molecule has 0 aliphatic carbocycles. The second-order valence-electron chi connectivity index (χ2n) is 4.27. The van der Waals surface area contributed by atoms with Crippen molar-refractivity contribution in [3.8, 4) is 5.75 Å². The number of hydrogen-bond donors (Lipinski definition) is 2. The number of hydrazine groups is 1. The predicted molar refractivity (Wildman–Crippen MR) is 75.4 cm³/mol.